The summed E-state index contributed by atoms with van der Waals surface area (Å²) in [5.41, 5.74) is 2.82. The van der Waals surface area contributed by atoms with Crippen molar-refractivity contribution in [3.63, 3.8) is 0 Å². The number of fused-ring (bicyclic) bond motifs is 3. The van der Waals surface area contributed by atoms with Gasteiger partial charge < -0.3 is 4.79 Å². The third kappa shape index (κ3) is 15.9. The number of hydrogen-bond donors (Lipinski definition) is 0. The number of unbranched alkanes of at least 4 members (excludes halogenated alkanes) is 2. The number of halogens is 1. The second-order valence-corrected chi connectivity index (χ2v) is 28.1. The number of thiophene rings is 6. The van der Waals surface area contributed by atoms with E-state index in [0.717, 1.165) is 53.5 Å². The number of hydrogen-bond acceptors (Lipinski definition) is 7. The van der Waals surface area contributed by atoms with Crippen molar-refractivity contribution in [2.75, 3.05) is 0 Å². The highest BCUT2D eigenvalue weighted by Gasteiger charge is 2.31. The topological polar surface area (TPSA) is 17.1 Å². The van der Waals surface area contributed by atoms with Gasteiger partial charge in [0.15, 0.2) is 0 Å². The number of carbonyl (C=O) groups is 1. The van der Waals surface area contributed by atoms with Crippen molar-refractivity contribution in [1.29, 1.82) is 0 Å². The van der Waals surface area contributed by atoms with Crippen LogP contribution in [0.5, 0.6) is 0 Å². The van der Waals surface area contributed by atoms with Crippen molar-refractivity contribution in [2.24, 2.45) is 17.8 Å². The molecule has 0 aliphatic heterocycles. The first-order valence-corrected chi connectivity index (χ1v) is 32.7. The van der Waals surface area contributed by atoms with E-state index in [2.05, 4.69) is 140 Å². The van der Waals surface area contributed by atoms with E-state index in [0.29, 0.717) is 0 Å². The predicted molar refractivity (Wildman–Crippen MR) is 330 cm³/mol. The molecule has 0 aliphatic carbocycles. The molecule has 0 saturated carbocycles. The Balaban J connectivity index is 0.000000691. The Labute approximate surface area is 456 Å². The van der Waals surface area contributed by atoms with Crippen LogP contribution in [0.4, 0.5) is 4.39 Å². The van der Waals surface area contributed by atoms with Crippen LogP contribution in [0, 0.1) is 23.6 Å². The molecule has 71 heavy (non-hydrogen) atoms. The quantitative estimate of drug-likeness (QED) is 0.0661. The van der Waals surface area contributed by atoms with Gasteiger partial charge in [-0.2, -0.15) is 0 Å². The lowest BCUT2D eigenvalue weighted by atomic mass is 9.87. The number of Topliss-reactive ketones (excluding diaryl/α,β-unsaturated/α-hetero) is 1. The molecule has 2 unspecified atom stereocenters. The van der Waals surface area contributed by atoms with Crippen LogP contribution < -0.4 is 0 Å². The van der Waals surface area contributed by atoms with Gasteiger partial charge in [-0.1, -0.05) is 175 Å². The molecule has 7 rings (SSSR count). The van der Waals surface area contributed by atoms with Crippen LogP contribution in [0.25, 0.3) is 60.9 Å². The molecule has 394 valence electrons. The molecule has 0 radical (unpaired) electrons. The highest BCUT2D eigenvalue weighted by molar-refractivity contribution is 7.31. The van der Waals surface area contributed by atoms with Gasteiger partial charge in [0.2, 0.25) is 0 Å². The van der Waals surface area contributed by atoms with E-state index < -0.39 is 0 Å². The fourth-order valence-corrected chi connectivity index (χ4v) is 16.5. The molecule has 0 bridgehead atoms. The summed E-state index contributed by atoms with van der Waals surface area (Å²) in [5.74, 6) is 2.59. The maximum Gasteiger partial charge on any atom is 0.142 e. The summed E-state index contributed by atoms with van der Waals surface area (Å²) >= 11 is 11.5. The summed E-state index contributed by atoms with van der Waals surface area (Å²) in [6.45, 7) is 37.8. The lowest BCUT2D eigenvalue weighted by molar-refractivity contribution is -0.117. The fourth-order valence-electron chi connectivity index (χ4n) is 8.64. The van der Waals surface area contributed by atoms with Gasteiger partial charge in [-0.15, -0.1) is 68.0 Å². The van der Waals surface area contributed by atoms with Crippen molar-refractivity contribution >= 4 is 104 Å². The van der Waals surface area contributed by atoms with Crippen LogP contribution in [0.15, 0.2) is 41.8 Å². The molecule has 0 aliphatic rings. The third-order valence-corrected chi connectivity index (χ3v) is 22.2. The Morgan fingerprint density at radius 1 is 0.606 bits per heavy atom. The molecule has 8 heteroatoms. The molecule has 6 heterocycles. The summed E-state index contributed by atoms with van der Waals surface area (Å²) in [5, 5.41) is 5.37. The average molecular weight is 1080 g/mol. The Morgan fingerprint density at radius 3 is 1.52 bits per heavy atom. The highest BCUT2D eigenvalue weighted by Crippen LogP contribution is 2.57. The number of rotatable bonds is 22. The second kappa shape index (κ2) is 29.2. The van der Waals surface area contributed by atoms with Crippen LogP contribution in [0.2, 0.25) is 0 Å². The summed E-state index contributed by atoms with van der Waals surface area (Å²) in [7, 11) is 0. The summed E-state index contributed by atoms with van der Waals surface area (Å²) in [6, 6.07) is 14.8. The van der Waals surface area contributed by atoms with Gasteiger partial charge in [-0.05, 0) is 104 Å². The second-order valence-electron chi connectivity index (χ2n) is 21.7. The molecule has 1 nitrogen and oxygen atoms in total. The lowest BCUT2D eigenvalue weighted by Crippen LogP contribution is -2.13. The highest BCUT2D eigenvalue weighted by atomic mass is 32.1. The van der Waals surface area contributed by atoms with E-state index >= 15 is 4.39 Å². The van der Waals surface area contributed by atoms with Gasteiger partial charge in [0.1, 0.15) is 11.6 Å². The maximum atomic E-state index is 15.7. The van der Waals surface area contributed by atoms with Gasteiger partial charge in [0.05, 0.1) is 9.58 Å². The van der Waals surface area contributed by atoms with E-state index in [1.807, 2.05) is 63.6 Å². The molecule has 0 fully saturated rings. The van der Waals surface area contributed by atoms with E-state index in [4.69, 9.17) is 0 Å². The number of ketones is 1. The van der Waals surface area contributed by atoms with E-state index in [-0.39, 0.29) is 22.4 Å². The van der Waals surface area contributed by atoms with Crippen LogP contribution in [-0.2, 0) is 28.5 Å². The monoisotopic (exact) mass is 1080 g/mol. The molecule has 2 atom stereocenters. The van der Waals surface area contributed by atoms with E-state index in [9.17, 15) is 4.79 Å². The number of benzene rings is 1. The van der Waals surface area contributed by atoms with Gasteiger partial charge in [-0.3, -0.25) is 0 Å². The SMILES string of the molecule is CCC.CCC(C)C.CCCC(C)=O.CCCCC(CC)Cc1ccc(-c2c3cc(C(C)(C)CC)sc3c(-c3ccc(CC(CC)CCCC)s3)c3cc(-c4sc(C(C)(C)CC)c5c(F)csc45)sc23)s1. The average Bonchev–Trinajstić information content (AvgIpc) is 4.22. The predicted octanol–water partition coefficient (Wildman–Crippen LogP) is 24.4. The number of carbonyl (C=O) groups excluding carboxylic acids is 1. The molecule has 7 aromatic rings. The molecule has 0 amide bonds. The third-order valence-electron chi connectivity index (χ3n) is 14.4. The maximum absolute atomic E-state index is 15.7. The molecular formula is C63H93FOS6. The summed E-state index contributed by atoms with van der Waals surface area (Å²) in [4.78, 5) is 21.0. The van der Waals surface area contributed by atoms with Gasteiger partial charge in [0, 0.05) is 82.6 Å². The first kappa shape index (κ1) is 61.3. The van der Waals surface area contributed by atoms with Gasteiger partial charge >= 0.3 is 0 Å². The Hall–Kier alpha value is -2.20. The van der Waals surface area contributed by atoms with Crippen LogP contribution in [-0.4, -0.2) is 5.78 Å². The molecule has 0 N–H and O–H groups in total. The molecule has 0 spiro atoms. The fraction of sp³-hybridized carbons (Fsp3) is 0.603. The van der Waals surface area contributed by atoms with Crippen molar-refractivity contribution < 1.29 is 9.18 Å². The van der Waals surface area contributed by atoms with Crippen molar-refractivity contribution in [3.8, 4) is 30.6 Å². The molecule has 6 aromatic heterocycles. The van der Waals surface area contributed by atoms with Gasteiger partial charge in [0.25, 0.3) is 0 Å². The lowest BCUT2D eigenvalue weighted by Gasteiger charge is -2.21. The molecular weight excluding hydrogens is 984 g/mol. The molecule has 1 aromatic carbocycles. The first-order chi connectivity index (χ1) is 33.8. The minimum Gasteiger partial charge on any atom is -0.300 e. The zero-order valence-electron chi connectivity index (χ0n) is 47.3. The zero-order valence-corrected chi connectivity index (χ0v) is 52.2. The van der Waals surface area contributed by atoms with Crippen LogP contribution in [0.3, 0.4) is 0 Å². The van der Waals surface area contributed by atoms with Crippen molar-refractivity contribution in [1.82, 2.24) is 0 Å². The first-order valence-electron chi connectivity index (χ1n) is 27.7. The van der Waals surface area contributed by atoms with Crippen LogP contribution in [0.1, 0.15) is 227 Å². The van der Waals surface area contributed by atoms with Crippen molar-refractivity contribution in [2.45, 2.75) is 231 Å². The largest absolute Gasteiger partial charge is 0.300 e. The minimum absolute atomic E-state index is 0.0611. The summed E-state index contributed by atoms with van der Waals surface area (Å²) in [6.07, 6.45) is 18.9. The van der Waals surface area contributed by atoms with E-state index in [1.54, 1.807) is 23.6 Å². The standard InChI is InChI=1S/C50H63FS6.C5H10O.C5H12.C3H8/c1-11-17-19-30(13-3)25-32-21-23-37(53-32)41-34-27-39(46-47-43(36(51)29-52-47)48(57-46)50(9,10)16-6)55-44(34)42(35-28-40(56-45(35)41)49(7,8)15-5)38-24-22-33(54-38)26-31(14-4)20-18-12-2;1-3-4-5(2)6;1-4-5(2)3;1-3-2/h21-24,27-31H,11-20,25-26H2,1-10H3;3-4H2,1-2H3;5H,4H2,1-3H3;3H2,1-2H3. The van der Waals surface area contributed by atoms with Crippen molar-refractivity contribution in [3.05, 3.63) is 67.1 Å². The normalized spacial score (nSPS) is 12.8. The molecule has 0 saturated heterocycles. The van der Waals surface area contributed by atoms with E-state index in [1.165, 1.54) is 147 Å². The van der Waals surface area contributed by atoms with Crippen LogP contribution >= 0.6 is 68.0 Å². The minimum atomic E-state index is -0.0944. The Bertz CT molecular complexity index is 2560. The zero-order chi connectivity index (χ0) is 52.6. The smallest absolute Gasteiger partial charge is 0.142 e. The summed E-state index contributed by atoms with van der Waals surface area (Å²) < 4.78 is 19.6. The Morgan fingerprint density at radius 2 is 1.10 bits per heavy atom. The van der Waals surface area contributed by atoms with Gasteiger partial charge in [-0.25, -0.2) is 4.39 Å². The Kier molecular flexibility index (Phi) is 25.2.